The summed E-state index contributed by atoms with van der Waals surface area (Å²) >= 11 is 0. The number of ether oxygens (including phenoxy) is 1. The molecular formula is C11H20O2. The van der Waals surface area contributed by atoms with E-state index in [1.54, 1.807) is 0 Å². The Balaban J connectivity index is 1.91. The van der Waals surface area contributed by atoms with Crippen molar-refractivity contribution >= 4 is 0 Å². The molecule has 76 valence electrons. The topological polar surface area (TPSA) is 29.5 Å². The van der Waals surface area contributed by atoms with E-state index in [1.807, 2.05) is 6.92 Å². The lowest BCUT2D eigenvalue weighted by Gasteiger charge is -2.28. The Morgan fingerprint density at radius 3 is 2.62 bits per heavy atom. The van der Waals surface area contributed by atoms with E-state index in [0.29, 0.717) is 0 Å². The fourth-order valence-corrected chi connectivity index (χ4v) is 2.75. The third-order valence-corrected chi connectivity index (χ3v) is 3.78. The molecule has 0 aromatic carbocycles. The van der Waals surface area contributed by atoms with E-state index >= 15 is 0 Å². The van der Waals surface area contributed by atoms with Gasteiger partial charge in [-0.25, -0.2) is 0 Å². The van der Waals surface area contributed by atoms with Gasteiger partial charge in [-0.1, -0.05) is 25.7 Å². The third-order valence-electron chi connectivity index (χ3n) is 3.78. The average Bonchev–Trinajstić information content (AvgIpc) is 2.65. The van der Waals surface area contributed by atoms with Crippen molar-refractivity contribution in [2.75, 3.05) is 6.61 Å². The van der Waals surface area contributed by atoms with Crippen LogP contribution in [-0.4, -0.2) is 23.4 Å². The fourth-order valence-electron chi connectivity index (χ4n) is 2.75. The van der Waals surface area contributed by atoms with Crippen molar-refractivity contribution in [2.45, 2.75) is 57.2 Å². The zero-order valence-corrected chi connectivity index (χ0v) is 8.46. The molecule has 13 heavy (non-hydrogen) atoms. The Bertz CT molecular complexity index is 175. The minimum Gasteiger partial charge on any atom is -0.387 e. The van der Waals surface area contributed by atoms with Gasteiger partial charge in [0.2, 0.25) is 0 Å². The molecule has 0 radical (unpaired) electrons. The van der Waals surface area contributed by atoms with Crippen molar-refractivity contribution in [2.24, 2.45) is 5.92 Å². The third kappa shape index (κ3) is 1.89. The minimum absolute atomic E-state index is 0.0492. The summed E-state index contributed by atoms with van der Waals surface area (Å²) in [6.07, 6.45) is 7.20. The van der Waals surface area contributed by atoms with Gasteiger partial charge in [0.1, 0.15) is 0 Å². The van der Waals surface area contributed by atoms with Crippen molar-refractivity contribution in [1.82, 2.24) is 0 Å². The van der Waals surface area contributed by atoms with Gasteiger partial charge in [0.25, 0.3) is 0 Å². The zero-order valence-electron chi connectivity index (χ0n) is 8.46. The molecule has 2 aliphatic rings. The van der Waals surface area contributed by atoms with E-state index in [1.165, 1.54) is 25.7 Å². The highest BCUT2D eigenvalue weighted by molar-refractivity contribution is 4.92. The SMILES string of the molecule is CC1OCCC1(O)CC1CCCC1. The monoisotopic (exact) mass is 184 g/mol. The fraction of sp³-hybridized carbons (Fsp3) is 1.00. The Kier molecular flexibility index (Phi) is 2.61. The Labute approximate surface area is 80.3 Å². The highest BCUT2D eigenvalue weighted by Gasteiger charge is 2.41. The molecule has 2 rings (SSSR count). The molecule has 2 fully saturated rings. The van der Waals surface area contributed by atoms with Gasteiger partial charge in [-0.15, -0.1) is 0 Å². The van der Waals surface area contributed by atoms with E-state index in [4.69, 9.17) is 4.74 Å². The summed E-state index contributed by atoms with van der Waals surface area (Å²) in [7, 11) is 0. The van der Waals surface area contributed by atoms with Gasteiger partial charge in [-0.05, 0) is 19.3 Å². The standard InChI is InChI=1S/C11H20O2/c1-9-11(12,6-7-13-9)8-10-4-2-3-5-10/h9-10,12H,2-8H2,1H3. The molecule has 1 heterocycles. The molecule has 0 amide bonds. The zero-order chi connectivity index (χ0) is 9.31. The van der Waals surface area contributed by atoms with Crippen molar-refractivity contribution < 1.29 is 9.84 Å². The van der Waals surface area contributed by atoms with Crippen LogP contribution in [0, 0.1) is 5.92 Å². The molecule has 0 aromatic heterocycles. The predicted molar refractivity (Wildman–Crippen MR) is 51.6 cm³/mol. The molecule has 1 aliphatic heterocycles. The normalized spacial score (nSPS) is 41.5. The van der Waals surface area contributed by atoms with Gasteiger partial charge in [0, 0.05) is 13.0 Å². The molecule has 0 bridgehead atoms. The molecule has 2 unspecified atom stereocenters. The number of aliphatic hydroxyl groups is 1. The van der Waals surface area contributed by atoms with Crippen molar-refractivity contribution in [1.29, 1.82) is 0 Å². The van der Waals surface area contributed by atoms with Gasteiger partial charge >= 0.3 is 0 Å². The number of rotatable bonds is 2. The van der Waals surface area contributed by atoms with Crippen LogP contribution >= 0.6 is 0 Å². The molecular weight excluding hydrogens is 164 g/mol. The summed E-state index contributed by atoms with van der Waals surface area (Å²) in [6.45, 7) is 2.74. The maximum absolute atomic E-state index is 10.3. The van der Waals surface area contributed by atoms with Crippen LogP contribution < -0.4 is 0 Å². The smallest absolute Gasteiger partial charge is 0.0930 e. The minimum atomic E-state index is -0.505. The Hall–Kier alpha value is -0.0800. The lowest BCUT2D eigenvalue weighted by molar-refractivity contribution is -0.0428. The van der Waals surface area contributed by atoms with Gasteiger partial charge in [0.15, 0.2) is 0 Å². The van der Waals surface area contributed by atoms with Crippen LogP contribution in [0.5, 0.6) is 0 Å². The van der Waals surface area contributed by atoms with Crippen LogP contribution in [0.2, 0.25) is 0 Å². The second-order valence-electron chi connectivity index (χ2n) is 4.72. The first-order valence-electron chi connectivity index (χ1n) is 5.55. The Morgan fingerprint density at radius 2 is 2.08 bits per heavy atom. The largest absolute Gasteiger partial charge is 0.387 e. The molecule has 1 saturated heterocycles. The summed E-state index contributed by atoms with van der Waals surface area (Å²) < 4.78 is 5.43. The second kappa shape index (κ2) is 3.58. The molecule has 2 heteroatoms. The molecule has 1 N–H and O–H groups in total. The summed E-state index contributed by atoms with van der Waals surface area (Å²) in [5, 5.41) is 10.3. The highest BCUT2D eigenvalue weighted by atomic mass is 16.5. The summed E-state index contributed by atoms with van der Waals surface area (Å²) in [5.74, 6) is 0.758. The second-order valence-corrected chi connectivity index (χ2v) is 4.72. The summed E-state index contributed by atoms with van der Waals surface area (Å²) in [4.78, 5) is 0. The van der Waals surface area contributed by atoms with Gasteiger partial charge in [-0.3, -0.25) is 0 Å². The average molecular weight is 184 g/mol. The molecule has 1 aliphatic carbocycles. The molecule has 2 atom stereocenters. The lowest BCUT2D eigenvalue weighted by atomic mass is 9.85. The van der Waals surface area contributed by atoms with Crippen molar-refractivity contribution in [3.63, 3.8) is 0 Å². The predicted octanol–water partition coefficient (Wildman–Crippen LogP) is 2.11. The van der Waals surface area contributed by atoms with E-state index in [2.05, 4.69) is 0 Å². The molecule has 1 saturated carbocycles. The van der Waals surface area contributed by atoms with Gasteiger partial charge in [0.05, 0.1) is 11.7 Å². The first-order chi connectivity index (χ1) is 6.21. The van der Waals surface area contributed by atoms with Crippen LogP contribution in [0.4, 0.5) is 0 Å². The van der Waals surface area contributed by atoms with Crippen LogP contribution in [0.3, 0.4) is 0 Å². The van der Waals surface area contributed by atoms with Crippen LogP contribution in [0.1, 0.15) is 45.4 Å². The first kappa shape index (κ1) is 9.47. The number of hydrogen-bond acceptors (Lipinski definition) is 2. The van der Waals surface area contributed by atoms with Gasteiger partial charge < -0.3 is 9.84 Å². The first-order valence-corrected chi connectivity index (χ1v) is 5.55. The van der Waals surface area contributed by atoms with Crippen LogP contribution in [0.15, 0.2) is 0 Å². The maximum Gasteiger partial charge on any atom is 0.0930 e. The van der Waals surface area contributed by atoms with Gasteiger partial charge in [-0.2, -0.15) is 0 Å². The summed E-state index contributed by atoms with van der Waals surface area (Å²) in [6, 6.07) is 0. The van der Waals surface area contributed by atoms with E-state index < -0.39 is 5.60 Å². The van der Waals surface area contributed by atoms with E-state index in [9.17, 15) is 5.11 Å². The number of hydrogen-bond donors (Lipinski definition) is 1. The lowest BCUT2D eigenvalue weighted by Crippen LogP contribution is -2.37. The van der Waals surface area contributed by atoms with E-state index in [-0.39, 0.29) is 6.10 Å². The van der Waals surface area contributed by atoms with Crippen LogP contribution in [0.25, 0.3) is 0 Å². The van der Waals surface area contributed by atoms with E-state index in [0.717, 1.165) is 25.4 Å². The molecule has 2 nitrogen and oxygen atoms in total. The van der Waals surface area contributed by atoms with Crippen molar-refractivity contribution in [3.8, 4) is 0 Å². The maximum atomic E-state index is 10.3. The highest BCUT2D eigenvalue weighted by Crippen LogP contribution is 2.37. The molecule has 0 spiro atoms. The molecule has 0 aromatic rings. The quantitative estimate of drug-likeness (QED) is 0.712. The van der Waals surface area contributed by atoms with Crippen molar-refractivity contribution in [3.05, 3.63) is 0 Å². The summed E-state index contributed by atoms with van der Waals surface area (Å²) in [5.41, 5.74) is -0.505. The van der Waals surface area contributed by atoms with Crippen LogP contribution in [-0.2, 0) is 4.74 Å². The Morgan fingerprint density at radius 1 is 1.38 bits per heavy atom.